The lowest BCUT2D eigenvalue weighted by Crippen LogP contribution is -2.47. The highest BCUT2D eigenvalue weighted by Crippen LogP contribution is 2.31. The molecule has 3 aliphatic rings. The molecule has 0 unspecified atom stereocenters. The number of hydrogen-bond donors (Lipinski definition) is 2. The van der Waals surface area contributed by atoms with Crippen LogP contribution >= 0.6 is 0 Å². The van der Waals surface area contributed by atoms with Crippen molar-refractivity contribution in [3.05, 3.63) is 36.2 Å². The third-order valence-electron chi connectivity index (χ3n) is 7.68. The van der Waals surface area contributed by atoms with Gasteiger partial charge in [-0.25, -0.2) is 18.2 Å². The van der Waals surface area contributed by atoms with E-state index >= 15 is 0 Å². The van der Waals surface area contributed by atoms with Crippen LogP contribution in [-0.2, 0) is 9.53 Å². The predicted molar refractivity (Wildman–Crippen MR) is 141 cm³/mol. The summed E-state index contributed by atoms with van der Waals surface area (Å²) in [5, 5.41) is 5.95. The maximum Gasteiger partial charge on any atom is 0.296 e. The van der Waals surface area contributed by atoms with Crippen LogP contribution in [0.3, 0.4) is 0 Å². The molecule has 6 rings (SSSR count). The van der Waals surface area contributed by atoms with Gasteiger partial charge in [-0.3, -0.25) is 9.36 Å². The van der Waals surface area contributed by atoms with E-state index < -0.39 is 24.5 Å². The van der Waals surface area contributed by atoms with Crippen molar-refractivity contribution in [1.82, 2.24) is 30.2 Å². The van der Waals surface area contributed by atoms with Crippen LogP contribution in [0.4, 0.5) is 19.1 Å². The number of imidazole rings is 1. The zero-order valence-electron chi connectivity index (χ0n) is 21.9. The molecule has 2 saturated heterocycles. The summed E-state index contributed by atoms with van der Waals surface area (Å²) in [5.41, 5.74) is 0.962. The first-order valence-electron chi connectivity index (χ1n) is 13.8. The van der Waals surface area contributed by atoms with E-state index in [9.17, 15) is 18.0 Å². The number of anilines is 1. The van der Waals surface area contributed by atoms with Crippen molar-refractivity contribution in [3.8, 4) is 11.7 Å². The maximum atomic E-state index is 14.1. The monoisotopic (exact) mass is 559 g/mol. The molecule has 10 nitrogen and oxygen atoms in total. The van der Waals surface area contributed by atoms with Gasteiger partial charge < -0.3 is 25.0 Å². The number of para-hydroxylation sites is 2. The molecule has 2 atom stereocenters. The molecule has 1 aromatic carbocycles. The molecule has 40 heavy (non-hydrogen) atoms. The first kappa shape index (κ1) is 26.8. The highest BCUT2D eigenvalue weighted by Gasteiger charge is 2.32. The summed E-state index contributed by atoms with van der Waals surface area (Å²) in [6.07, 6.45) is -0.991. The van der Waals surface area contributed by atoms with Crippen LogP contribution in [0.2, 0.25) is 0 Å². The quantitative estimate of drug-likeness (QED) is 0.455. The van der Waals surface area contributed by atoms with Crippen molar-refractivity contribution in [2.75, 3.05) is 37.7 Å². The molecule has 13 heteroatoms. The van der Waals surface area contributed by atoms with E-state index in [-0.39, 0.29) is 36.8 Å². The van der Waals surface area contributed by atoms with Gasteiger partial charge in [-0.15, -0.1) is 0 Å². The largest absolute Gasteiger partial charge is 0.474 e. The zero-order valence-corrected chi connectivity index (χ0v) is 21.9. The summed E-state index contributed by atoms with van der Waals surface area (Å²) in [6, 6.07) is 8.03. The number of hydrogen-bond acceptors (Lipinski definition) is 8. The Morgan fingerprint density at radius 1 is 1.10 bits per heavy atom. The predicted octanol–water partition coefficient (Wildman–Crippen LogP) is 3.10. The van der Waals surface area contributed by atoms with Crippen LogP contribution in [-0.4, -0.2) is 82.6 Å². The third-order valence-corrected chi connectivity index (χ3v) is 7.68. The van der Waals surface area contributed by atoms with E-state index in [1.54, 1.807) is 30.3 Å². The second-order valence-corrected chi connectivity index (χ2v) is 10.5. The Bertz CT molecular complexity index is 1340. The Morgan fingerprint density at radius 2 is 1.88 bits per heavy atom. The van der Waals surface area contributed by atoms with Crippen LogP contribution in [0.25, 0.3) is 16.9 Å². The summed E-state index contributed by atoms with van der Waals surface area (Å²) in [5.74, 6) is 0.367. The van der Waals surface area contributed by atoms with Gasteiger partial charge in [-0.05, 0) is 37.8 Å². The average molecular weight is 560 g/mol. The first-order valence-corrected chi connectivity index (χ1v) is 13.8. The molecule has 2 N–H and O–H groups in total. The molecule has 3 fully saturated rings. The smallest absolute Gasteiger partial charge is 0.296 e. The van der Waals surface area contributed by atoms with Gasteiger partial charge in [-0.2, -0.15) is 9.97 Å². The highest BCUT2D eigenvalue weighted by molar-refractivity contribution is 5.82. The second-order valence-electron chi connectivity index (χ2n) is 10.5. The number of halogens is 3. The number of amides is 1. The molecule has 2 aliphatic heterocycles. The van der Waals surface area contributed by atoms with Crippen molar-refractivity contribution in [3.63, 3.8) is 0 Å². The summed E-state index contributed by atoms with van der Waals surface area (Å²) in [7, 11) is 0. The first-order chi connectivity index (χ1) is 19.4. The van der Waals surface area contributed by atoms with E-state index in [1.165, 1.54) is 4.57 Å². The van der Waals surface area contributed by atoms with E-state index in [0.717, 1.165) is 0 Å². The number of nitrogens with one attached hydrogen (secondary N) is 2. The van der Waals surface area contributed by atoms with E-state index in [2.05, 4.69) is 25.6 Å². The number of fused-ring (bicyclic) bond motifs is 1. The fourth-order valence-corrected chi connectivity index (χ4v) is 5.60. The molecule has 3 aromatic rings. The van der Waals surface area contributed by atoms with Gasteiger partial charge in [0.1, 0.15) is 18.1 Å². The number of rotatable bonds is 7. The summed E-state index contributed by atoms with van der Waals surface area (Å²) in [6.45, 7) is 2.37. The summed E-state index contributed by atoms with van der Waals surface area (Å²) >= 11 is 0. The Balaban J connectivity index is 1.22. The van der Waals surface area contributed by atoms with E-state index in [4.69, 9.17) is 9.47 Å². The van der Waals surface area contributed by atoms with Gasteiger partial charge >= 0.3 is 0 Å². The normalized spacial score (nSPS) is 25.4. The minimum atomic E-state index is -2.81. The molecular formula is C27H32F3N7O3. The number of alkyl halides is 3. The van der Waals surface area contributed by atoms with Crippen LogP contribution in [0.15, 0.2) is 30.3 Å². The number of benzene rings is 1. The Morgan fingerprint density at radius 3 is 2.60 bits per heavy atom. The molecule has 214 valence electrons. The minimum Gasteiger partial charge on any atom is -0.474 e. The number of aromatic nitrogens is 4. The van der Waals surface area contributed by atoms with E-state index in [0.29, 0.717) is 74.8 Å². The molecule has 0 spiro atoms. The molecule has 1 aliphatic carbocycles. The molecule has 1 saturated carbocycles. The Kier molecular flexibility index (Phi) is 7.74. The number of morpholine rings is 1. The van der Waals surface area contributed by atoms with Crippen LogP contribution in [0, 0.1) is 0 Å². The fraction of sp³-hybridized carbons (Fsp3) is 0.556. The van der Waals surface area contributed by atoms with Gasteiger partial charge in [0.15, 0.2) is 5.82 Å². The zero-order chi connectivity index (χ0) is 27.6. The Hall–Kier alpha value is -3.45. The molecular weight excluding hydrogens is 527 g/mol. The lowest BCUT2D eigenvalue weighted by atomic mass is 9.92. The Labute approximate surface area is 229 Å². The van der Waals surface area contributed by atoms with Crippen LogP contribution < -0.4 is 20.3 Å². The van der Waals surface area contributed by atoms with Gasteiger partial charge in [-0.1, -0.05) is 12.1 Å². The number of carbonyl (C=O) groups excluding carboxylic acids is 1. The third kappa shape index (κ3) is 5.71. The van der Waals surface area contributed by atoms with Crippen molar-refractivity contribution in [2.24, 2.45) is 0 Å². The fourth-order valence-electron chi connectivity index (χ4n) is 5.60. The van der Waals surface area contributed by atoms with Crippen molar-refractivity contribution in [2.45, 2.75) is 62.9 Å². The topological polar surface area (TPSA) is 106 Å². The van der Waals surface area contributed by atoms with Crippen LogP contribution in [0.5, 0.6) is 5.88 Å². The number of nitrogens with zero attached hydrogens (tertiary/aromatic N) is 5. The summed E-state index contributed by atoms with van der Waals surface area (Å²) in [4.78, 5) is 27.9. The van der Waals surface area contributed by atoms with Gasteiger partial charge in [0.25, 0.3) is 6.43 Å². The SMILES string of the molecule is O=C(NC1CCC(Oc2cc(-n3c(C(F)F)nc4ccccc43)nc(N3CCOCC3)n2)CC1)[C@@H]1C[C@@H](F)CN1. The van der Waals surface area contributed by atoms with Crippen molar-refractivity contribution in [1.29, 1.82) is 0 Å². The van der Waals surface area contributed by atoms with E-state index in [1.807, 2.05) is 4.90 Å². The summed E-state index contributed by atoms with van der Waals surface area (Å²) < 4.78 is 54.8. The maximum absolute atomic E-state index is 14.1. The molecule has 0 bridgehead atoms. The molecule has 0 radical (unpaired) electrons. The molecule has 2 aromatic heterocycles. The average Bonchev–Trinajstić information content (AvgIpc) is 3.58. The molecule has 1 amide bonds. The van der Waals surface area contributed by atoms with Gasteiger partial charge in [0.2, 0.25) is 17.7 Å². The van der Waals surface area contributed by atoms with Crippen LogP contribution in [0.1, 0.15) is 44.4 Å². The number of carbonyl (C=O) groups is 1. The second kappa shape index (κ2) is 11.6. The van der Waals surface area contributed by atoms with Crippen molar-refractivity contribution < 1.29 is 27.4 Å². The molecule has 4 heterocycles. The van der Waals surface area contributed by atoms with Crippen molar-refractivity contribution >= 4 is 22.9 Å². The van der Waals surface area contributed by atoms with Gasteiger partial charge in [0, 0.05) is 38.2 Å². The van der Waals surface area contributed by atoms with Gasteiger partial charge in [0.05, 0.1) is 30.3 Å². The standard InChI is InChI=1S/C27H32F3N7O3/c28-16-13-20(31-15-16)26(38)32-17-5-7-18(8-6-17)40-23-14-22(34-27(35-23)36-9-11-39-12-10-36)37-21-4-2-1-3-19(21)33-25(37)24(29)30/h1-4,14,16-18,20,24,31H,5-13,15H2,(H,32,38)/t16-,17?,18?,20+/m1/s1. The lowest BCUT2D eigenvalue weighted by Gasteiger charge is -2.31. The highest BCUT2D eigenvalue weighted by atomic mass is 19.3. The number of ether oxygens (including phenoxy) is 2. The minimum absolute atomic E-state index is 0.0106. The lowest BCUT2D eigenvalue weighted by molar-refractivity contribution is -0.123.